The van der Waals surface area contributed by atoms with Crippen LogP contribution in [0.1, 0.15) is 13.8 Å². The van der Waals surface area contributed by atoms with Gasteiger partial charge in [-0.3, -0.25) is 0 Å². The van der Waals surface area contributed by atoms with Crippen LogP contribution < -0.4 is 4.72 Å². The molecule has 0 bridgehead atoms. The molecule has 0 aliphatic carbocycles. The van der Waals surface area contributed by atoms with E-state index in [1.165, 1.54) is 6.07 Å². The van der Waals surface area contributed by atoms with Crippen LogP contribution in [-0.4, -0.2) is 20.3 Å². The third-order valence-electron chi connectivity index (χ3n) is 2.02. The normalized spacial score (nSPS) is 13.0. The van der Waals surface area contributed by atoms with Crippen LogP contribution in [0.25, 0.3) is 0 Å². The lowest BCUT2D eigenvalue weighted by atomic mass is 9.98. The van der Waals surface area contributed by atoms with Gasteiger partial charge in [0, 0.05) is 11.9 Å². The Labute approximate surface area is 124 Å². The summed E-state index contributed by atoms with van der Waals surface area (Å²) in [5.74, 6) is 0. The molecule has 1 aromatic heterocycles. The zero-order valence-electron chi connectivity index (χ0n) is 9.26. The number of halogens is 3. The predicted octanol–water partition coefficient (Wildman–Crippen LogP) is 3.75. The lowest BCUT2D eigenvalue weighted by molar-refractivity contribution is 0.420. The first kappa shape index (κ1) is 15.7. The summed E-state index contributed by atoms with van der Waals surface area (Å²) in [6.07, 6.45) is 0. The van der Waals surface area contributed by atoms with Crippen molar-refractivity contribution < 1.29 is 8.42 Å². The number of hydrogen-bond acceptors (Lipinski definition) is 3. The van der Waals surface area contributed by atoms with E-state index in [1.807, 2.05) is 13.8 Å². The topological polar surface area (TPSA) is 46.2 Å². The van der Waals surface area contributed by atoms with Crippen LogP contribution in [0.4, 0.5) is 0 Å². The Kier molecular flexibility index (Phi) is 5.32. The zero-order valence-corrected chi connectivity index (χ0v) is 14.0. The summed E-state index contributed by atoms with van der Waals surface area (Å²) >= 11 is 15.9. The van der Waals surface area contributed by atoms with E-state index in [0.29, 0.717) is 16.2 Å². The molecule has 0 fully saturated rings. The number of nitrogens with one attached hydrogen (secondary N) is 1. The predicted molar refractivity (Wildman–Crippen MR) is 77.1 cm³/mol. The highest BCUT2D eigenvalue weighted by Crippen LogP contribution is 2.34. The van der Waals surface area contributed by atoms with Crippen LogP contribution in [0, 0.1) is 5.41 Å². The average molecular weight is 381 g/mol. The Morgan fingerprint density at radius 1 is 1.47 bits per heavy atom. The average Bonchev–Trinajstić information content (AvgIpc) is 2.56. The van der Waals surface area contributed by atoms with E-state index in [1.54, 1.807) is 0 Å². The molecule has 0 saturated heterocycles. The Morgan fingerprint density at radius 3 is 2.47 bits per heavy atom. The Bertz CT molecular complexity index is 499. The van der Waals surface area contributed by atoms with Crippen molar-refractivity contribution in [2.75, 3.05) is 11.9 Å². The first-order valence-corrected chi connectivity index (χ1v) is 8.86. The maximum Gasteiger partial charge on any atom is 0.242 e. The number of thiophene rings is 1. The fraction of sp³-hybridized carbons (Fsp3) is 0.556. The molecule has 1 rings (SSSR count). The Balaban J connectivity index is 2.87. The molecule has 1 N–H and O–H groups in total. The third-order valence-corrected chi connectivity index (χ3v) is 6.69. The van der Waals surface area contributed by atoms with Gasteiger partial charge in [0.15, 0.2) is 0 Å². The van der Waals surface area contributed by atoms with Gasteiger partial charge in [0.05, 0.1) is 4.34 Å². The molecule has 0 radical (unpaired) electrons. The van der Waals surface area contributed by atoms with Crippen LogP contribution in [0.15, 0.2) is 11.0 Å². The van der Waals surface area contributed by atoms with Crippen molar-refractivity contribution >= 4 is 60.5 Å². The molecule has 0 spiro atoms. The van der Waals surface area contributed by atoms with Crippen molar-refractivity contribution in [2.24, 2.45) is 5.41 Å². The second kappa shape index (κ2) is 5.75. The van der Waals surface area contributed by atoms with Gasteiger partial charge in [-0.1, -0.05) is 53.0 Å². The van der Waals surface area contributed by atoms with E-state index in [9.17, 15) is 8.42 Å². The van der Waals surface area contributed by atoms with Gasteiger partial charge >= 0.3 is 0 Å². The summed E-state index contributed by atoms with van der Waals surface area (Å²) in [5, 5.41) is 0.695. The monoisotopic (exact) mass is 379 g/mol. The third kappa shape index (κ3) is 4.36. The fourth-order valence-corrected chi connectivity index (χ4v) is 4.51. The molecule has 0 aliphatic rings. The molecule has 0 atom stereocenters. The summed E-state index contributed by atoms with van der Waals surface area (Å²) in [4.78, 5) is 0.0412. The molecule has 0 aliphatic heterocycles. The molecular weight excluding hydrogens is 369 g/mol. The van der Waals surface area contributed by atoms with Crippen LogP contribution in [0.2, 0.25) is 8.67 Å². The van der Waals surface area contributed by atoms with E-state index < -0.39 is 10.0 Å². The van der Waals surface area contributed by atoms with E-state index in [2.05, 4.69) is 20.7 Å². The molecule has 0 saturated carbocycles. The van der Waals surface area contributed by atoms with E-state index in [4.69, 9.17) is 23.2 Å². The molecule has 3 nitrogen and oxygen atoms in total. The van der Waals surface area contributed by atoms with Gasteiger partial charge in [0.25, 0.3) is 0 Å². The molecule has 0 aromatic carbocycles. The summed E-state index contributed by atoms with van der Waals surface area (Å²) in [6.45, 7) is 4.23. The highest BCUT2D eigenvalue weighted by atomic mass is 79.9. The fourth-order valence-electron chi connectivity index (χ4n) is 0.924. The molecule has 98 valence electrons. The minimum Gasteiger partial charge on any atom is -0.211 e. The van der Waals surface area contributed by atoms with E-state index >= 15 is 0 Å². The maximum atomic E-state index is 12.0. The summed E-state index contributed by atoms with van der Waals surface area (Å²) < 4.78 is 27.0. The van der Waals surface area contributed by atoms with Crippen molar-refractivity contribution in [3.63, 3.8) is 0 Å². The minimum atomic E-state index is -3.59. The van der Waals surface area contributed by atoms with Crippen LogP contribution in [0.5, 0.6) is 0 Å². The van der Waals surface area contributed by atoms with Crippen molar-refractivity contribution in [1.29, 1.82) is 0 Å². The van der Waals surface area contributed by atoms with Crippen LogP contribution >= 0.6 is 50.5 Å². The van der Waals surface area contributed by atoms with Gasteiger partial charge in [-0.2, -0.15) is 0 Å². The zero-order chi connectivity index (χ0) is 13.3. The number of alkyl halides is 1. The van der Waals surface area contributed by atoms with E-state index in [0.717, 1.165) is 11.3 Å². The minimum absolute atomic E-state index is 0.0412. The van der Waals surface area contributed by atoms with Gasteiger partial charge in [-0.25, -0.2) is 13.1 Å². The first-order valence-electron chi connectivity index (χ1n) is 4.68. The smallest absolute Gasteiger partial charge is 0.211 e. The number of sulfonamides is 1. The van der Waals surface area contributed by atoms with Crippen molar-refractivity contribution in [3.8, 4) is 0 Å². The molecule has 0 amide bonds. The quantitative estimate of drug-likeness (QED) is 0.790. The SMILES string of the molecule is CC(C)(CBr)CNS(=O)(=O)c1cc(Cl)sc1Cl. The molecule has 1 heterocycles. The van der Waals surface area contributed by atoms with Gasteiger partial charge in [-0.05, 0) is 11.5 Å². The van der Waals surface area contributed by atoms with Gasteiger partial charge in [-0.15, -0.1) is 11.3 Å². The maximum absolute atomic E-state index is 12.0. The highest BCUT2D eigenvalue weighted by Gasteiger charge is 2.24. The molecule has 17 heavy (non-hydrogen) atoms. The molecule has 1 aromatic rings. The first-order chi connectivity index (χ1) is 7.68. The molecular formula is C9H12BrCl2NO2S2. The van der Waals surface area contributed by atoms with Gasteiger partial charge in [0.1, 0.15) is 9.23 Å². The van der Waals surface area contributed by atoms with Gasteiger partial charge in [0.2, 0.25) is 10.0 Å². The Hall–Kier alpha value is 0.670. The second-order valence-electron chi connectivity index (χ2n) is 4.31. The second-order valence-corrected chi connectivity index (χ2v) is 8.89. The largest absolute Gasteiger partial charge is 0.242 e. The van der Waals surface area contributed by atoms with Crippen molar-refractivity contribution in [1.82, 2.24) is 4.72 Å². The highest BCUT2D eigenvalue weighted by molar-refractivity contribution is 9.09. The lowest BCUT2D eigenvalue weighted by Crippen LogP contribution is -2.34. The van der Waals surface area contributed by atoms with Crippen LogP contribution in [0.3, 0.4) is 0 Å². The standard InChI is InChI=1S/C9H12BrCl2NO2S2/c1-9(2,4-10)5-13-17(14,15)6-3-7(11)16-8(6)12/h3,13H,4-5H2,1-2H3. The van der Waals surface area contributed by atoms with Crippen LogP contribution in [-0.2, 0) is 10.0 Å². The molecule has 0 unspecified atom stereocenters. The summed E-state index contributed by atoms with van der Waals surface area (Å²) in [5.41, 5.74) is -0.167. The van der Waals surface area contributed by atoms with Crippen molar-refractivity contribution in [2.45, 2.75) is 18.7 Å². The summed E-state index contributed by atoms with van der Waals surface area (Å²) in [7, 11) is -3.59. The molecule has 8 heteroatoms. The Morgan fingerprint density at radius 2 is 2.06 bits per heavy atom. The van der Waals surface area contributed by atoms with Gasteiger partial charge < -0.3 is 0 Å². The number of hydrogen-bond donors (Lipinski definition) is 1. The van der Waals surface area contributed by atoms with Crippen molar-refractivity contribution in [3.05, 3.63) is 14.7 Å². The number of rotatable bonds is 5. The lowest BCUT2D eigenvalue weighted by Gasteiger charge is -2.21. The van der Waals surface area contributed by atoms with E-state index in [-0.39, 0.29) is 14.6 Å². The summed E-state index contributed by atoms with van der Waals surface area (Å²) in [6, 6.07) is 1.36.